The third-order valence-electron chi connectivity index (χ3n) is 9.77. The first-order chi connectivity index (χ1) is 14.4. The Bertz CT molecular complexity index is 804. The molecule has 0 bridgehead atoms. The van der Waals surface area contributed by atoms with Crippen molar-refractivity contribution >= 4 is 5.71 Å². The Morgan fingerprint density at radius 1 is 1.13 bits per heavy atom. The van der Waals surface area contributed by atoms with Crippen LogP contribution in [0.3, 0.4) is 0 Å². The lowest BCUT2D eigenvalue weighted by Crippen LogP contribution is -2.54. The number of aliphatic hydroxyl groups excluding tert-OH is 1. The molecule has 5 nitrogen and oxygen atoms in total. The highest BCUT2D eigenvalue weighted by molar-refractivity contribution is 5.85. The molecule has 30 heavy (non-hydrogen) atoms. The second-order valence-electron chi connectivity index (χ2n) is 11.2. The molecular formula is C25H38N2O3. The molecule has 5 heteroatoms. The Morgan fingerprint density at radius 3 is 2.77 bits per heavy atom. The molecule has 1 N–H and O–H groups in total. The minimum atomic E-state index is -0.0719. The predicted octanol–water partition coefficient (Wildman–Crippen LogP) is 5.30. The average Bonchev–Trinajstić information content (AvgIpc) is 3.28. The van der Waals surface area contributed by atoms with Gasteiger partial charge < -0.3 is 14.5 Å². The molecule has 0 amide bonds. The van der Waals surface area contributed by atoms with Crippen molar-refractivity contribution in [3.63, 3.8) is 0 Å². The zero-order valence-corrected chi connectivity index (χ0v) is 18.9. The van der Waals surface area contributed by atoms with Crippen molar-refractivity contribution in [2.45, 2.75) is 91.1 Å². The minimum absolute atomic E-state index is 0.0719. The molecular weight excluding hydrogens is 376 g/mol. The predicted molar refractivity (Wildman–Crippen MR) is 116 cm³/mol. The third-order valence-corrected chi connectivity index (χ3v) is 9.77. The van der Waals surface area contributed by atoms with Gasteiger partial charge in [-0.05, 0) is 99.2 Å². The standard InChI is InChI=1S/C25H38N2O3/c1-16-14-19(27-30-16)10-13-29-26-18-8-11-24(2)17(15-18)4-5-20-21-6-7-23(28)25(21,3)12-9-22(20)24/h14,17,20-23,28H,4-13,15H2,1-3H3/b26-18-/t17?,20?,21?,22?,23-,24-,25-/m0/s1. The zero-order chi connectivity index (χ0) is 20.9. The number of nitrogens with zero attached hydrogens (tertiary/aromatic N) is 2. The first kappa shape index (κ1) is 20.5. The van der Waals surface area contributed by atoms with Crippen LogP contribution in [0.2, 0.25) is 0 Å². The molecule has 166 valence electrons. The molecule has 1 aromatic rings. The molecule has 0 aliphatic heterocycles. The van der Waals surface area contributed by atoms with Crippen LogP contribution in [0.25, 0.3) is 0 Å². The highest BCUT2D eigenvalue weighted by Crippen LogP contribution is 2.65. The largest absolute Gasteiger partial charge is 0.395 e. The fourth-order valence-electron chi connectivity index (χ4n) is 7.94. The Hall–Kier alpha value is -1.36. The summed E-state index contributed by atoms with van der Waals surface area (Å²) >= 11 is 0. The van der Waals surface area contributed by atoms with Crippen LogP contribution >= 0.6 is 0 Å². The summed E-state index contributed by atoms with van der Waals surface area (Å²) < 4.78 is 5.11. The summed E-state index contributed by atoms with van der Waals surface area (Å²) in [7, 11) is 0. The van der Waals surface area contributed by atoms with Gasteiger partial charge in [-0.15, -0.1) is 0 Å². The van der Waals surface area contributed by atoms with Gasteiger partial charge in [0.05, 0.1) is 17.5 Å². The summed E-state index contributed by atoms with van der Waals surface area (Å²) in [5, 5.41) is 19.2. The number of hydrogen-bond donors (Lipinski definition) is 1. The fraction of sp³-hybridized carbons (Fsp3) is 0.840. The van der Waals surface area contributed by atoms with Crippen molar-refractivity contribution < 1.29 is 14.5 Å². The number of fused-ring (bicyclic) bond motifs is 5. The van der Waals surface area contributed by atoms with Crippen LogP contribution in [0, 0.1) is 41.4 Å². The second-order valence-corrected chi connectivity index (χ2v) is 11.2. The Labute approximate surface area is 180 Å². The van der Waals surface area contributed by atoms with E-state index in [9.17, 15) is 5.11 Å². The van der Waals surface area contributed by atoms with Gasteiger partial charge in [-0.2, -0.15) is 0 Å². The minimum Gasteiger partial charge on any atom is -0.395 e. The van der Waals surface area contributed by atoms with Gasteiger partial charge in [0.1, 0.15) is 12.4 Å². The van der Waals surface area contributed by atoms with Crippen LogP contribution in [0.15, 0.2) is 15.7 Å². The van der Waals surface area contributed by atoms with Gasteiger partial charge in [-0.1, -0.05) is 24.2 Å². The summed E-state index contributed by atoms with van der Waals surface area (Å²) in [5.74, 6) is 3.97. The van der Waals surface area contributed by atoms with Gasteiger partial charge in [0.15, 0.2) is 0 Å². The summed E-state index contributed by atoms with van der Waals surface area (Å²) in [6.45, 7) is 7.42. The molecule has 4 saturated carbocycles. The molecule has 7 atom stereocenters. The van der Waals surface area contributed by atoms with Crippen LogP contribution in [0.5, 0.6) is 0 Å². The Kier molecular flexibility index (Phi) is 5.24. The van der Waals surface area contributed by atoms with Crippen molar-refractivity contribution in [1.82, 2.24) is 5.16 Å². The molecule has 1 aromatic heterocycles. The first-order valence-electron chi connectivity index (χ1n) is 12.2. The molecule has 1 heterocycles. The molecule has 4 aliphatic rings. The fourth-order valence-corrected chi connectivity index (χ4v) is 7.94. The molecule has 4 fully saturated rings. The normalized spacial score (nSPS) is 44.4. The summed E-state index contributed by atoms with van der Waals surface area (Å²) in [6.07, 6.45) is 11.5. The molecule has 0 aromatic carbocycles. The maximum absolute atomic E-state index is 10.6. The van der Waals surface area contributed by atoms with E-state index < -0.39 is 0 Å². The topological polar surface area (TPSA) is 67.8 Å². The molecule has 0 saturated heterocycles. The number of aryl methyl sites for hydroxylation is 1. The van der Waals surface area contributed by atoms with Gasteiger partial charge in [0.2, 0.25) is 0 Å². The lowest BCUT2D eigenvalue weighted by atomic mass is 9.45. The van der Waals surface area contributed by atoms with E-state index in [2.05, 4.69) is 24.2 Å². The van der Waals surface area contributed by atoms with Crippen LogP contribution in [-0.2, 0) is 11.3 Å². The lowest BCUT2D eigenvalue weighted by molar-refractivity contribution is -0.112. The van der Waals surface area contributed by atoms with Gasteiger partial charge in [-0.3, -0.25) is 0 Å². The third kappa shape index (κ3) is 3.32. The molecule has 0 radical (unpaired) electrons. The second kappa shape index (κ2) is 7.65. The van der Waals surface area contributed by atoms with Crippen LogP contribution in [-0.4, -0.2) is 28.7 Å². The van der Waals surface area contributed by atoms with Gasteiger partial charge >= 0.3 is 0 Å². The number of aromatic nitrogens is 1. The average molecular weight is 415 g/mol. The summed E-state index contributed by atoms with van der Waals surface area (Å²) in [4.78, 5) is 5.67. The van der Waals surface area contributed by atoms with E-state index in [0.717, 1.165) is 60.8 Å². The van der Waals surface area contributed by atoms with Crippen LogP contribution < -0.4 is 0 Å². The maximum Gasteiger partial charge on any atom is 0.133 e. The van der Waals surface area contributed by atoms with E-state index in [1.165, 1.54) is 44.2 Å². The van der Waals surface area contributed by atoms with E-state index in [4.69, 9.17) is 9.36 Å². The van der Waals surface area contributed by atoms with E-state index in [1.807, 2.05) is 13.0 Å². The van der Waals surface area contributed by atoms with Gasteiger partial charge in [0, 0.05) is 12.5 Å². The van der Waals surface area contributed by atoms with E-state index in [1.54, 1.807) is 0 Å². The van der Waals surface area contributed by atoms with Crippen molar-refractivity contribution in [1.29, 1.82) is 0 Å². The number of aliphatic hydroxyl groups is 1. The van der Waals surface area contributed by atoms with E-state index in [-0.39, 0.29) is 11.5 Å². The molecule has 5 rings (SSSR count). The smallest absolute Gasteiger partial charge is 0.133 e. The highest BCUT2D eigenvalue weighted by Gasteiger charge is 2.59. The van der Waals surface area contributed by atoms with Crippen molar-refractivity contribution in [3.8, 4) is 0 Å². The monoisotopic (exact) mass is 414 g/mol. The molecule has 4 unspecified atom stereocenters. The number of hydrogen-bond acceptors (Lipinski definition) is 5. The van der Waals surface area contributed by atoms with Gasteiger partial charge in [0.25, 0.3) is 0 Å². The number of rotatable bonds is 4. The highest BCUT2D eigenvalue weighted by atomic mass is 16.6. The zero-order valence-electron chi connectivity index (χ0n) is 18.9. The first-order valence-corrected chi connectivity index (χ1v) is 12.2. The van der Waals surface area contributed by atoms with Crippen molar-refractivity contribution in [2.75, 3.05) is 6.61 Å². The number of oxime groups is 1. The maximum atomic E-state index is 10.6. The van der Waals surface area contributed by atoms with Crippen molar-refractivity contribution in [2.24, 2.45) is 39.7 Å². The SMILES string of the molecule is Cc1cc(CCO/N=C2/CC[C@@]3(C)C(CCC4C3CC[C@@]3(C)C4CC[C@@H]3O)C2)no1. The van der Waals surface area contributed by atoms with Crippen LogP contribution in [0.1, 0.15) is 83.1 Å². The Morgan fingerprint density at radius 2 is 1.97 bits per heavy atom. The van der Waals surface area contributed by atoms with Crippen LogP contribution in [0.4, 0.5) is 0 Å². The molecule has 4 aliphatic carbocycles. The lowest BCUT2D eigenvalue weighted by Gasteiger charge is -2.60. The van der Waals surface area contributed by atoms with Crippen molar-refractivity contribution in [3.05, 3.63) is 17.5 Å². The van der Waals surface area contributed by atoms with E-state index >= 15 is 0 Å². The van der Waals surface area contributed by atoms with E-state index in [0.29, 0.717) is 12.0 Å². The summed E-state index contributed by atoms with van der Waals surface area (Å²) in [5.41, 5.74) is 2.81. The molecule has 0 spiro atoms. The van der Waals surface area contributed by atoms with Gasteiger partial charge in [-0.25, -0.2) is 0 Å². The summed E-state index contributed by atoms with van der Waals surface area (Å²) in [6, 6.07) is 1.96. The Balaban J connectivity index is 1.21. The quantitative estimate of drug-likeness (QED) is 0.536.